The molecule has 108 valence electrons. The number of anilines is 4. The lowest BCUT2D eigenvalue weighted by atomic mass is 10.5. The molecule has 0 atom stereocenters. The summed E-state index contributed by atoms with van der Waals surface area (Å²) >= 11 is 0. The van der Waals surface area contributed by atoms with Crippen LogP contribution in [-0.4, -0.2) is 44.9 Å². The number of nitrogens with one attached hydrogen (secondary N) is 2. The molecule has 0 bridgehead atoms. The molecule has 0 amide bonds. The van der Waals surface area contributed by atoms with E-state index in [1.165, 1.54) is 0 Å². The molecule has 2 N–H and O–H groups in total. The summed E-state index contributed by atoms with van der Waals surface area (Å²) in [4.78, 5) is 15.1. The van der Waals surface area contributed by atoms with Crippen molar-refractivity contribution in [1.29, 1.82) is 0 Å². The maximum Gasteiger partial charge on any atom is 0.235 e. The molecular formula is C12H20N8. The van der Waals surface area contributed by atoms with Crippen LogP contribution in [0, 0.1) is 0 Å². The highest BCUT2D eigenvalue weighted by Crippen LogP contribution is 2.16. The molecule has 20 heavy (non-hydrogen) atoms. The standard InChI is InChI=1S/C12H20N8/c1-5-20(6-2)12-16-10(13-3)15-11(17-12)14-9-7-8-19(4)18-9/h7-8H,5-6H2,1-4H3,(H2,13,14,15,16,17,18). The Hall–Kier alpha value is -2.38. The van der Waals surface area contributed by atoms with E-state index in [2.05, 4.69) is 49.4 Å². The number of hydrogen-bond donors (Lipinski definition) is 2. The molecule has 8 heteroatoms. The van der Waals surface area contributed by atoms with Crippen LogP contribution < -0.4 is 15.5 Å². The Balaban J connectivity index is 2.29. The highest BCUT2D eigenvalue weighted by molar-refractivity contribution is 5.51. The molecule has 0 spiro atoms. The van der Waals surface area contributed by atoms with Gasteiger partial charge < -0.3 is 15.5 Å². The average Bonchev–Trinajstić information content (AvgIpc) is 2.85. The minimum absolute atomic E-state index is 0.477. The number of rotatable bonds is 6. The summed E-state index contributed by atoms with van der Waals surface area (Å²) in [5.41, 5.74) is 0. The van der Waals surface area contributed by atoms with Gasteiger partial charge in [0.25, 0.3) is 0 Å². The summed E-state index contributed by atoms with van der Waals surface area (Å²) in [6, 6.07) is 1.86. The Labute approximate surface area is 118 Å². The molecule has 0 unspecified atom stereocenters. The zero-order valence-corrected chi connectivity index (χ0v) is 12.3. The van der Waals surface area contributed by atoms with Crippen LogP contribution in [-0.2, 0) is 7.05 Å². The Morgan fingerprint density at radius 3 is 2.40 bits per heavy atom. The zero-order valence-electron chi connectivity index (χ0n) is 12.3. The van der Waals surface area contributed by atoms with Gasteiger partial charge in [0, 0.05) is 39.4 Å². The van der Waals surface area contributed by atoms with Crippen LogP contribution in [0.2, 0.25) is 0 Å². The third-order valence-corrected chi connectivity index (χ3v) is 2.85. The predicted octanol–water partition coefficient (Wildman–Crippen LogP) is 1.24. The van der Waals surface area contributed by atoms with Gasteiger partial charge in [-0.25, -0.2) is 0 Å². The number of hydrogen-bond acceptors (Lipinski definition) is 7. The summed E-state index contributed by atoms with van der Waals surface area (Å²) in [7, 11) is 3.64. The fourth-order valence-electron chi connectivity index (χ4n) is 1.78. The highest BCUT2D eigenvalue weighted by atomic mass is 15.3. The maximum atomic E-state index is 4.43. The summed E-state index contributed by atoms with van der Waals surface area (Å²) in [5.74, 6) is 2.35. The summed E-state index contributed by atoms with van der Waals surface area (Å²) in [6.07, 6.45) is 1.85. The molecule has 2 aromatic rings. The fraction of sp³-hybridized carbons (Fsp3) is 0.500. The van der Waals surface area contributed by atoms with E-state index in [4.69, 9.17) is 0 Å². The second-order valence-corrected chi connectivity index (χ2v) is 4.20. The van der Waals surface area contributed by atoms with E-state index in [1.807, 2.05) is 19.3 Å². The zero-order chi connectivity index (χ0) is 14.5. The molecule has 2 rings (SSSR count). The largest absolute Gasteiger partial charge is 0.357 e. The molecular weight excluding hydrogens is 256 g/mol. The molecule has 0 fully saturated rings. The average molecular weight is 276 g/mol. The quantitative estimate of drug-likeness (QED) is 0.821. The fourth-order valence-corrected chi connectivity index (χ4v) is 1.78. The summed E-state index contributed by atoms with van der Waals surface area (Å²) in [6.45, 7) is 5.82. The monoisotopic (exact) mass is 276 g/mol. The summed E-state index contributed by atoms with van der Waals surface area (Å²) < 4.78 is 1.72. The lowest BCUT2D eigenvalue weighted by Crippen LogP contribution is -2.25. The van der Waals surface area contributed by atoms with E-state index in [0.29, 0.717) is 23.7 Å². The van der Waals surface area contributed by atoms with Gasteiger partial charge >= 0.3 is 0 Å². The van der Waals surface area contributed by atoms with E-state index in [1.54, 1.807) is 11.7 Å². The van der Waals surface area contributed by atoms with Crippen LogP contribution >= 0.6 is 0 Å². The van der Waals surface area contributed by atoms with Crippen LogP contribution in [0.25, 0.3) is 0 Å². The van der Waals surface area contributed by atoms with Gasteiger partial charge in [0.15, 0.2) is 5.82 Å². The van der Waals surface area contributed by atoms with Crippen molar-refractivity contribution in [2.75, 3.05) is 35.7 Å². The third-order valence-electron chi connectivity index (χ3n) is 2.85. The molecule has 0 aromatic carbocycles. The molecule has 2 heterocycles. The molecule has 0 aliphatic rings. The van der Waals surface area contributed by atoms with E-state index >= 15 is 0 Å². The van der Waals surface area contributed by atoms with Gasteiger partial charge in [0.2, 0.25) is 17.8 Å². The summed E-state index contributed by atoms with van der Waals surface area (Å²) in [5, 5.41) is 10.3. The smallest absolute Gasteiger partial charge is 0.235 e. The van der Waals surface area contributed by atoms with E-state index in [0.717, 1.165) is 13.1 Å². The molecule has 2 aromatic heterocycles. The first-order valence-electron chi connectivity index (χ1n) is 6.61. The minimum atomic E-state index is 0.477. The van der Waals surface area contributed by atoms with Crippen molar-refractivity contribution < 1.29 is 0 Å². The first kappa shape index (κ1) is 14.0. The lowest BCUT2D eigenvalue weighted by Gasteiger charge is -2.19. The topological polar surface area (TPSA) is 83.8 Å². The second kappa shape index (κ2) is 6.18. The van der Waals surface area contributed by atoms with Crippen LogP contribution in [0.5, 0.6) is 0 Å². The minimum Gasteiger partial charge on any atom is -0.357 e. The third kappa shape index (κ3) is 3.14. The van der Waals surface area contributed by atoms with E-state index in [9.17, 15) is 0 Å². The van der Waals surface area contributed by atoms with Crippen molar-refractivity contribution in [3.05, 3.63) is 12.3 Å². The molecule has 8 nitrogen and oxygen atoms in total. The highest BCUT2D eigenvalue weighted by Gasteiger charge is 2.11. The van der Waals surface area contributed by atoms with Gasteiger partial charge in [-0.1, -0.05) is 0 Å². The Bertz CT molecular complexity index is 560. The van der Waals surface area contributed by atoms with Gasteiger partial charge in [0.05, 0.1) is 0 Å². The first-order valence-corrected chi connectivity index (χ1v) is 6.61. The Kier molecular flexibility index (Phi) is 4.34. The maximum absolute atomic E-state index is 4.43. The first-order chi connectivity index (χ1) is 9.66. The van der Waals surface area contributed by atoms with Crippen LogP contribution in [0.15, 0.2) is 12.3 Å². The van der Waals surface area contributed by atoms with Crippen LogP contribution in [0.3, 0.4) is 0 Å². The molecule has 0 aliphatic carbocycles. The lowest BCUT2D eigenvalue weighted by molar-refractivity contribution is 0.770. The normalized spacial score (nSPS) is 10.4. The van der Waals surface area contributed by atoms with Gasteiger partial charge in [-0.3, -0.25) is 4.68 Å². The SMILES string of the molecule is CCN(CC)c1nc(NC)nc(Nc2ccn(C)n2)n1. The van der Waals surface area contributed by atoms with Crippen LogP contribution in [0.4, 0.5) is 23.7 Å². The Morgan fingerprint density at radius 1 is 1.15 bits per heavy atom. The van der Waals surface area contributed by atoms with Crippen LogP contribution in [0.1, 0.15) is 13.8 Å². The van der Waals surface area contributed by atoms with Crippen molar-refractivity contribution in [2.24, 2.45) is 7.05 Å². The Morgan fingerprint density at radius 2 is 1.85 bits per heavy atom. The van der Waals surface area contributed by atoms with Crippen molar-refractivity contribution in [3.8, 4) is 0 Å². The second-order valence-electron chi connectivity index (χ2n) is 4.20. The van der Waals surface area contributed by atoms with Crippen molar-refractivity contribution in [3.63, 3.8) is 0 Å². The van der Waals surface area contributed by atoms with Crippen molar-refractivity contribution in [2.45, 2.75) is 13.8 Å². The number of aromatic nitrogens is 5. The van der Waals surface area contributed by atoms with Gasteiger partial charge in [-0.05, 0) is 13.8 Å². The number of nitrogens with zero attached hydrogens (tertiary/aromatic N) is 6. The predicted molar refractivity (Wildman–Crippen MR) is 79.4 cm³/mol. The van der Waals surface area contributed by atoms with Gasteiger partial charge in [-0.15, -0.1) is 0 Å². The van der Waals surface area contributed by atoms with Gasteiger partial charge in [0.1, 0.15) is 0 Å². The van der Waals surface area contributed by atoms with Crippen molar-refractivity contribution in [1.82, 2.24) is 24.7 Å². The number of aryl methyl sites for hydroxylation is 1. The van der Waals surface area contributed by atoms with Gasteiger partial charge in [-0.2, -0.15) is 20.1 Å². The molecule has 0 aliphatic heterocycles. The molecule has 0 radical (unpaired) electrons. The van der Waals surface area contributed by atoms with Crippen molar-refractivity contribution >= 4 is 23.7 Å². The molecule has 0 saturated heterocycles. The molecule has 0 saturated carbocycles. The van der Waals surface area contributed by atoms with E-state index < -0.39 is 0 Å². The van der Waals surface area contributed by atoms with E-state index in [-0.39, 0.29) is 0 Å².